The molecule has 90 valence electrons. The number of carboxylic acid groups (broad SMARTS) is 1. The first-order valence-electron chi connectivity index (χ1n) is 5.79. The minimum absolute atomic E-state index is 0.00401. The Kier molecular flexibility index (Phi) is 5.02. The van der Waals surface area contributed by atoms with Crippen LogP contribution in [0.25, 0.3) is 0 Å². The van der Waals surface area contributed by atoms with E-state index in [1.807, 2.05) is 6.08 Å². The summed E-state index contributed by atoms with van der Waals surface area (Å²) < 4.78 is 0. The van der Waals surface area contributed by atoms with Crippen molar-refractivity contribution in [2.75, 3.05) is 0 Å². The number of rotatable bonds is 2. The van der Waals surface area contributed by atoms with Gasteiger partial charge in [-0.3, -0.25) is 4.79 Å². The van der Waals surface area contributed by atoms with E-state index in [9.17, 15) is 9.59 Å². The summed E-state index contributed by atoms with van der Waals surface area (Å²) in [6.07, 6.45) is 6.76. The van der Waals surface area contributed by atoms with Crippen LogP contribution in [-0.4, -0.2) is 23.0 Å². The van der Waals surface area contributed by atoms with Crippen molar-refractivity contribution in [3.05, 3.63) is 11.6 Å². The first-order valence-corrected chi connectivity index (χ1v) is 5.79. The van der Waals surface area contributed by atoms with Crippen LogP contribution < -0.4 is 5.32 Å². The Bertz CT molecular complexity index is 297. The van der Waals surface area contributed by atoms with Gasteiger partial charge in [-0.2, -0.15) is 0 Å². The molecule has 1 unspecified atom stereocenters. The molecule has 0 saturated carbocycles. The average Bonchev–Trinajstić information content (AvgIpc) is 2.29. The average molecular weight is 225 g/mol. The second-order valence-corrected chi connectivity index (χ2v) is 4.26. The smallest absolute Gasteiger partial charge is 0.331 e. The molecule has 0 radical (unpaired) electrons. The van der Waals surface area contributed by atoms with Crippen LogP contribution in [0.15, 0.2) is 11.6 Å². The molecule has 1 atom stereocenters. The van der Waals surface area contributed by atoms with Crippen LogP contribution in [0.2, 0.25) is 0 Å². The third kappa shape index (κ3) is 4.47. The Morgan fingerprint density at radius 1 is 1.38 bits per heavy atom. The lowest BCUT2D eigenvalue weighted by Crippen LogP contribution is -2.32. The van der Waals surface area contributed by atoms with Crippen molar-refractivity contribution in [1.82, 2.24) is 5.32 Å². The van der Waals surface area contributed by atoms with Gasteiger partial charge in [-0.05, 0) is 38.5 Å². The Morgan fingerprint density at radius 3 is 2.69 bits per heavy atom. The van der Waals surface area contributed by atoms with Crippen LogP contribution in [-0.2, 0) is 9.59 Å². The Balaban J connectivity index is 2.49. The quantitative estimate of drug-likeness (QED) is 0.753. The molecular weight excluding hydrogens is 206 g/mol. The van der Waals surface area contributed by atoms with Crippen LogP contribution in [0.3, 0.4) is 0 Å². The highest BCUT2D eigenvalue weighted by atomic mass is 16.4. The van der Waals surface area contributed by atoms with Crippen LogP contribution >= 0.6 is 0 Å². The van der Waals surface area contributed by atoms with Crippen molar-refractivity contribution in [3.8, 4) is 0 Å². The summed E-state index contributed by atoms with van der Waals surface area (Å²) in [5.74, 6) is -0.811. The standard InChI is InChI=1S/C12H19NO3/c1-9(14)13-11-7-3-2-5-10(12(15)16)6-4-8-11/h5,11H,2-4,6-8H2,1H3,(H,13,14)(H,15,16)/b10-5+. The zero-order valence-corrected chi connectivity index (χ0v) is 9.66. The molecule has 16 heavy (non-hydrogen) atoms. The van der Waals surface area contributed by atoms with E-state index in [0.29, 0.717) is 12.0 Å². The molecule has 0 heterocycles. The van der Waals surface area contributed by atoms with E-state index >= 15 is 0 Å². The van der Waals surface area contributed by atoms with Gasteiger partial charge in [-0.1, -0.05) is 6.08 Å². The van der Waals surface area contributed by atoms with Crippen molar-refractivity contribution in [2.45, 2.75) is 51.5 Å². The first kappa shape index (κ1) is 12.7. The van der Waals surface area contributed by atoms with Gasteiger partial charge >= 0.3 is 5.97 Å². The molecule has 0 spiro atoms. The van der Waals surface area contributed by atoms with Crippen molar-refractivity contribution >= 4 is 11.9 Å². The molecule has 1 rings (SSSR count). The Morgan fingerprint density at radius 2 is 2.06 bits per heavy atom. The van der Waals surface area contributed by atoms with Crippen LogP contribution in [0, 0.1) is 0 Å². The maximum Gasteiger partial charge on any atom is 0.331 e. The van der Waals surface area contributed by atoms with E-state index < -0.39 is 5.97 Å². The third-order valence-corrected chi connectivity index (χ3v) is 2.83. The van der Waals surface area contributed by atoms with E-state index in [4.69, 9.17) is 5.11 Å². The summed E-state index contributed by atoms with van der Waals surface area (Å²) in [6, 6.07) is 0.207. The number of hydrogen-bond donors (Lipinski definition) is 2. The lowest BCUT2D eigenvalue weighted by Gasteiger charge is -2.16. The number of carbonyl (C=O) groups is 2. The number of allylic oxidation sites excluding steroid dienone is 1. The molecule has 4 nitrogen and oxygen atoms in total. The second kappa shape index (κ2) is 6.30. The largest absolute Gasteiger partial charge is 0.478 e. The number of carbonyl (C=O) groups excluding carboxylic acids is 1. The molecule has 0 aliphatic heterocycles. The molecule has 1 aliphatic rings. The fourth-order valence-corrected chi connectivity index (χ4v) is 2.05. The van der Waals surface area contributed by atoms with Crippen molar-refractivity contribution in [1.29, 1.82) is 0 Å². The van der Waals surface area contributed by atoms with Gasteiger partial charge in [0.05, 0.1) is 0 Å². The lowest BCUT2D eigenvalue weighted by molar-refractivity contribution is -0.132. The van der Waals surface area contributed by atoms with Crippen LogP contribution in [0.5, 0.6) is 0 Å². The van der Waals surface area contributed by atoms with Gasteiger partial charge in [0.15, 0.2) is 0 Å². The molecule has 4 heteroatoms. The van der Waals surface area contributed by atoms with Gasteiger partial charge < -0.3 is 10.4 Å². The summed E-state index contributed by atoms with van der Waals surface area (Å²) in [6.45, 7) is 1.52. The zero-order valence-electron chi connectivity index (χ0n) is 9.66. The Labute approximate surface area is 95.7 Å². The summed E-state index contributed by atoms with van der Waals surface area (Å²) in [4.78, 5) is 21.8. The minimum atomic E-state index is -0.807. The highest BCUT2D eigenvalue weighted by Gasteiger charge is 2.14. The predicted molar refractivity (Wildman–Crippen MR) is 61.0 cm³/mol. The van der Waals surface area contributed by atoms with Gasteiger partial charge in [0.2, 0.25) is 5.91 Å². The summed E-state index contributed by atoms with van der Waals surface area (Å²) >= 11 is 0. The highest BCUT2D eigenvalue weighted by Crippen LogP contribution is 2.17. The molecule has 0 saturated heterocycles. The summed E-state index contributed by atoms with van der Waals surface area (Å²) in [5, 5.41) is 11.8. The number of nitrogens with one attached hydrogen (secondary N) is 1. The second-order valence-electron chi connectivity index (χ2n) is 4.26. The number of amides is 1. The highest BCUT2D eigenvalue weighted by molar-refractivity contribution is 5.86. The zero-order chi connectivity index (χ0) is 12.0. The van der Waals surface area contributed by atoms with E-state index in [0.717, 1.165) is 32.1 Å². The third-order valence-electron chi connectivity index (χ3n) is 2.83. The molecule has 0 aromatic heterocycles. The van der Waals surface area contributed by atoms with Crippen LogP contribution in [0.4, 0.5) is 0 Å². The normalized spacial score (nSPS) is 25.6. The molecule has 1 amide bonds. The number of carboxylic acids is 1. The molecule has 2 N–H and O–H groups in total. The van der Waals surface area contributed by atoms with E-state index in [-0.39, 0.29) is 11.9 Å². The topological polar surface area (TPSA) is 66.4 Å². The van der Waals surface area contributed by atoms with E-state index in [1.54, 1.807) is 0 Å². The fraction of sp³-hybridized carbons (Fsp3) is 0.667. The molecule has 0 aromatic rings. The van der Waals surface area contributed by atoms with Gasteiger partial charge in [0.25, 0.3) is 0 Å². The SMILES string of the molecule is CC(=O)NC1CCC/C=C(/C(=O)O)CCC1. The minimum Gasteiger partial charge on any atom is -0.478 e. The molecular formula is C12H19NO3. The van der Waals surface area contributed by atoms with Crippen molar-refractivity contribution in [3.63, 3.8) is 0 Å². The van der Waals surface area contributed by atoms with Crippen molar-refractivity contribution in [2.24, 2.45) is 0 Å². The number of hydrogen-bond acceptors (Lipinski definition) is 2. The fourth-order valence-electron chi connectivity index (χ4n) is 2.05. The monoisotopic (exact) mass is 225 g/mol. The maximum atomic E-state index is 11.0. The van der Waals surface area contributed by atoms with Gasteiger partial charge in [-0.25, -0.2) is 4.79 Å². The van der Waals surface area contributed by atoms with Crippen molar-refractivity contribution < 1.29 is 14.7 Å². The van der Waals surface area contributed by atoms with E-state index in [1.165, 1.54) is 6.92 Å². The van der Waals surface area contributed by atoms with Crippen LogP contribution in [0.1, 0.15) is 45.4 Å². The molecule has 1 aliphatic carbocycles. The van der Waals surface area contributed by atoms with Gasteiger partial charge in [0.1, 0.15) is 0 Å². The predicted octanol–water partition coefficient (Wildman–Crippen LogP) is 1.86. The summed E-state index contributed by atoms with van der Waals surface area (Å²) in [5.41, 5.74) is 0.517. The maximum absolute atomic E-state index is 11.0. The van der Waals surface area contributed by atoms with Gasteiger partial charge in [0, 0.05) is 18.5 Å². The Hall–Kier alpha value is -1.32. The van der Waals surface area contributed by atoms with Gasteiger partial charge in [-0.15, -0.1) is 0 Å². The summed E-state index contributed by atoms with van der Waals surface area (Å²) in [7, 11) is 0. The number of aliphatic carboxylic acids is 1. The molecule has 0 aromatic carbocycles. The molecule has 0 fully saturated rings. The molecule has 0 bridgehead atoms. The first-order chi connectivity index (χ1) is 7.59. The lowest BCUT2D eigenvalue weighted by atomic mass is 10.0. The van der Waals surface area contributed by atoms with E-state index in [2.05, 4.69) is 5.32 Å².